The number of aromatic nitrogens is 1. The van der Waals surface area contributed by atoms with Gasteiger partial charge in [0.15, 0.2) is 12.0 Å². The Morgan fingerprint density at radius 3 is 2.39 bits per heavy atom. The molecule has 1 aromatic heterocycles. The molecule has 0 radical (unpaired) electrons. The highest BCUT2D eigenvalue weighted by atomic mass is 35.5. The maximum absolute atomic E-state index is 14.8. The van der Waals surface area contributed by atoms with Gasteiger partial charge in [0.05, 0.1) is 22.8 Å². The summed E-state index contributed by atoms with van der Waals surface area (Å²) in [6.45, 7) is 1.97. The highest BCUT2D eigenvalue weighted by Crippen LogP contribution is 2.38. The number of ether oxygens (including phenoxy) is 1. The van der Waals surface area contributed by atoms with Gasteiger partial charge in [-0.2, -0.15) is 4.73 Å². The first-order valence-corrected chi connectivity index (χ1v) is 12.9. The Balaban J connectivity index is 1.63. The largest absolute Gasteiger partial charge is 0.618 e. The number of ketones is 1. The molecule has 38 heavy (non-hydrogen) atoms. The summed E-state index contributed by atoms with van der Waals surface area (Å²) in [5.41, 5.74) is 0.162. The van der Waals surface area contributed by atoms with E-state index in [1.165, 1.54) is 12.1 Å². The lowest BCUT2D eigenvalue weighted by molar-refractivity contribution is -0.614. The van der Waals surface area contributed by atoms with E-state index in [9.17, 15) is 28.0 Å². The summed E-state index contributed by atoms with van der Waals surface area (Å²) in [5.74, 6) is -2.10. The van der Waals surface area contributed by atoms with Gasteiger partial charge >= 0.3 is 5.97 Å². The smallest absolute Gasteiger partial charge is 0.338 e. The zero-order valence-electron chi connectivity index (χ0n) is 20.8. The Morgan fingerprint density at radius 2 is 1.82 bits per heavy atom. The topological polar surface area (TPSA) is 70.3 Å². The van der Waals surface area contributed by atoms with Crippen molar-refractivity contribution in [2.45, 2.75) is 51.4 Å². The van der Waals surface area contributed by atoms with E-state index in [4.69, 9.17) is 16.3 Å². The molecule has 0 saturated heterocycles. The molecule has 0 amide bonds. The second kappa shape index (κ2) is 12.0. The number of carbonyl (C=O) groups excluding carboxylic acids is 2. The van der Waals surface area contributed by atoms with E-state index in [2.05, 4.69) is 0 Å². The van der Waals surface area contributed by atoms with Crippen molar-refractivity contribution in [1.29, 1.82) is 0 Å². The molecule has 200 valence electrons. The number of benzene rings is 2. The minimum absolute atomic E-state index is 0.0424. The third-order valence-electron chi connectivity index (χ3n) is 6.98. The van der Waals surface area contributed by atoms with Crippen molar-refractivity contribution in [3.05, 3.63) is 93.2 Å². The first-order chi connectivity index (χ1) is 18.2. The zero-order chi connectivity index (χ0) is 27.4. The van der Waals surface area contributed by atoms with Gasteiger partial charge in [-0.3, -0.25) is 4.79 Å². The second-order valence-electron chi connectivity index (χ2n) is 9.44. The van der Waals surface area contributed by atoms with Crippen LogP contribution in [0, 0.1) is 16.9 Å². The lowest BCUT2D eigenvalue weighted by atomic mass is 9.76. The fraction of sp³-hybridized carbons (Fsp3) is 0.345. The average Bonchev–Trinajstić information content (AvgIpc) is 2.86. The highest BCUT2D eigenvalue weighted by molar-refractivity contribution is 6.31. The third-order valence-corrected chi connectivity index (χ3v) is 7.27. The van der Waals surface area contributed by atoms with Crippen molar-refractivity contribution in [1.82, 2.24) is 0 Å². The Labute approximate surface area is 223 Å². The van der Waals surface area contributed by atoms with Crippen LogP contribution in [-0.2, 0) is 16.0 Å². The molecule has 5 nitrogen and oxygen atoms in total. The minimum Gasteiger partial charge on any atom is -0.618 e. The first kappa shape index (κ1) is 27.6. The molecule has 1 saturated carbocycles. The molecule has 9 heteroatoms. The number of hydrogen-bond donors (Lipinski definition) is 0. The summed E-state index contributed by atoms with van der Waals surface area (Å²) >= 11 is 5.83. The second-order valence-corrected chi connectivity index (χ2v) is 9.85. The van der Waals surface area contributed by atoms with Gasteiger partial charge < -0.3 is 9.94 Å². The van der Waals surface area contributed by atoms with E-state index in [1.807, 2.05) is 0 Å². The Bertz CT molecular complexity index is 1330. The maximum Gasteiger partial charge on any atom is 0.338 e. The molecule has 4 rings (SSSR count). The number of nitrogens with zero attached hydrogens (tertiary/aromatic N) is 1. The number of alkyl halides is 2. The fourth-order valence-electron chi connectivity index (χ4n) is 4.73. The molecule has 1 heterocycles. The molecular weight excluding hydrogens is 519 g/mol. The lowest BCUT2D eigenvalue weighted by Gasteiger charge is -2.28. The predicted octanol–water partition coefficient (Wildman–Crippen LogP) is 6.98. The van der Waals surface area contributed by atoms with Crippen LogP contribution in [0.15, 0.2) is 54.7 Å². The molecule has 0 bridgehead atoms. The summed E-state index contributed by atoms with van der Waals surface area (Å²) in [6.07, 6.45) is 1.54. The van der Waals surface area contributed by atoms with Crippen LogP contribution >= 0.6 is 11.6 Å². The molecule has 0 N–H and O–H groups in total. The van der Waals surface area contributed by atoms with Gasteiger partial charge in [0.1, 0.15) is 11.7 Å². The number of halogens is 4. The first-order valence-electron chi connectivity index (χ1n) is 12.5. The van der Waals surface area contributed by atoms with E-state index in [1.54, 1.807) is 31.2 Å². The SMILES string of the molecule is CCOC(=O)c1ccc(CC(=O)[C@H](CC2CCC2)c2ccc(-c3c(C(F)F)ccc(Cl)c3F)c[n+]2[O-])cc1. The summed E-state index contributed by atoms with van der Waals surface area (Å²) in [4.78, 5) is 25.3. The van der Waals surface area contributed by atoms with Gasteiger partial charge in [0, 0.05) is 23.6 Å². The van der Waals surface area contributed by atoms with Gasteiger partial charge in [0.2, 0.25) is 5.69 Å². The van der Waals surface area contributed by atoms with E-state index >= 15 is 0 Å². The van der Waals surface area contributed by atoms with E-state index in [-0.39, 0.29) is 35.1 Å². The summed E-state index contributed by atoms with van der Waals surface area (Å²) < 4.78 is 47.4. The van der Waals surface area contributed by atoms with Crippen LogP contribution < -0.4 is 4.73 Å². The molecule has 0 spiro atoms. The van der Waals surface area contributed by atoms with Crippen molar-refractivity contribution in [3.63, 3.8) is 0 Å². The van der Waals surface area contributed by atoms with Crippen molar-refractivity contribution < 1.29 is 32.2 Å². The van der Waals surface area contributed by atoms with Crippen LogP contribution in [0.1, 0.15) is 72.1 Å². The Morgan fingerprint density at radius 1 is 1.11 bits per heavy atom. The molecule has 2 aromatic carbocycles. The van der Waals surface area contributed by atoms with Crippen LogP contribution in [0.2, 0.25) is 5.02 Å². The van der Waals surface area contributed by atoms with Crippen LogP contribution in [0.3, 0.4) is 0 Å². The number of pyridine rings is 1. The molecule has 1 aliphatic carbocycles. The Kier molecular flexibility index (Phi) is 8.72. The van der Waals surface area contributed by atoms with Gasteiger partial charge in [0.25, 0.3) is 6.43 Å². The van der Waals surface area contributed by atoms with Gasteiger partial charge in [-0.1, -0.05) is 49.1 Å². The van der Waals surface area contributed by atoms with Crippen LogP contribution in [0.4, 0.5) is 13.2 Å². The van der Waals surface area contributed by atoms with Crippen molar-refractivity contribution in [3.8, 4) is 11.1 Å². The molecule has 0 aliphatic heterocycles. The van der Waals surface area contributed by atoms with Crippen LogP contribution in [0.5, 0.6) is 0 Å². The molecular formula is C29H27ClF3NO4. The average molecular weight is 546 g/mol. The third kappa shape index (κ3) is 6.01. The molecule has 1 atom stereocenters. The van der Waals surface area contributed by atoms with E-state index < -0.39 is 35.3 Å². The molecule has 1 fully saturated rings. The summed E-state index contributed by atoms with van der Waals surface area (Å²) in [6, 6.07) is 11.4. The van der Waals surface area contributed by atoms with Crippen molar-refractivity contribution in [2.75, 3.05) is 6.61 Å². The zero-order valence-corrected chi connectivity index (χ0v) is 21.5. The minimum atomic E-state index is -2.97. The maximum atomic E-state index is 14.8. The molecule has 0 unspecified atom stereocenters. The van der Waals surface area contributed by atoms with Crippen LogP contribution in [0.25, 0.3) is 11.1 Å². The molecule has 3 aromatic rings. The van der Waals surface area contributed by atoms with Crippen LogP contribution in [-0.4, -0.2) is 18.4 Å². The monoisotopic (exact) mass is 545 g/mol. The highest BCUT2D eigenvalue weighted by Gasteiger charge is 2.33. The van der Waals surface area contributed by atoms with Gasteiger partial charge in [-0.25, -0.2) is 18.0 Å². The van der Waals surface area contributed by atoms with Gasteiger partial charge in [-0.15, -0.1) is 0 Å². The van der Waals surface area contributed by atoms with Crippen molar-refractivity contribution in [2.24, 2.45) is 5.92 Å². The number of hydrogen-bond acceptors (Lipinski definition) is 4. The number of carbonyl (C=O) groups is 2. The summed E-state index contributed by atoms with van der Waals surface area (Å²) in [7, 11) is 0. The normalized spacial score (nSPS) is 14.3. The lowest BCUT2D eigenvalue weighted by Crippen LogP contribution is -2.37. The molecule has 1 aliphatic rings. The quantitative estimate of drug-likeness (QED) is 0.156. The van der Waals surface area contributed by atoms with E-state index in [0.29, 0.717) is 28.2 Å². The number of esters is 1. The van der Waals surface area contributed by atoms with E-state index in [0.717, 1.165) is 37.6 Å². The Hall–Kier alpha value is -3.39. The predicted molar refractivity (Wildman–Crippen MR) is 137 cm³/mol. The fourth-order valence-corrected chi connectivity index (χ4v) is 4.88. The van der Waals surface area contributed by atoms with Crippen molar-refractivity contribution >= 4 is 23.4 Å². The number of rotatable bonds is 10. The standard InChI is InChI=1S/C29H27ClF3NO4/c1-2-38-29(36)19-8-6-18(7-9-19)15-25(35)22(14-17-4-3-5-17)24-13-10-20(16-34(24)37)26-21(28(32)33)11-12-23(30)27(26)31/h6-13,16-17,22,28H,2-5,14-15H2,1H3/t22-/m1/s1. The number of Topliss-reactive ketones (excluding diaryl/α,β-unsaturated/α-hetero) is 1. The van der Waals surface area contributed by atoms with Gasteiger partial charge in [-0.05, 0) is 49.1 Å². The summed E-state index contributed by atoms with van der Waals surface area (Å²) in [5, 5.41) is 12.8.